The molecule has 1 aromatic carbocycles. The fourth-order valence-corrected chi connectivity index (χ4v) is 4.00. The standard InChI is InChI=1S/C18H20IN3OS/c1-10(2)23-9-12-6-14-16(13-5-4-11(3)15(20)7-13)18(24-19)22-17(14)21-8-12/h4-8,10H,9,20H2,1-3H3,(H,21,22). The molecular formula is C18H20IN3OS. The van der Waals surface area contributed by atoms with Crippen molar-refractivity contribution in [2.45, 2.75) is 38.5 Å². The number of pyridine rings is 1. The zero-order valence-corrected chi connectivity index (χ0v) is 16.9. The Morgan fingerprint density at radius 1 is 1.33 bits per heavy atom. The van der Waals surface area contributed by atoms with Crippen LogP contribution in [-0.2, 0) is 11.3 Å². The van der Waals surface area contributed by atoms with Crippen molar-refractivity contribution in [3.8, 4) is 11.1 Å². The summed E-state index contributed by atoms with van der Waals surface area (Å²) in [6.45, 7) is 6.65. The Morgan fingerprint density at radius 2 is 2.12 bits per heavy atom. The van der Waals surface area contributed by atoms with E-state index in [1.54, 1.807) is 8.93 Å². The maximum atomic E-state index is 6.12. The molecule has 2 aromatic heterocycles. The maximum Gasteiger partial charge on any atom is 0.138 e. The SMILES string of the molecule is Cc1ccc(-c2c(SI)[nH]c3ncc(COC(C)C)cc23)cc1N. The number of rotatable bonds is 5. The molecular weight excluding hydrogens is 433 g/mol. The highest BCUT2D eigenvalue weighted by molar-refractivity contribution is 14.2. The van der Waals surface area contributed by atoms with Gasteiger partial charge in [-0.3, -0.25) is 0 Å². The topological polar surface area (TPSA) is 63.9 Å². The molecule has 3 rings (SSSR count). The monoisotopic (exact) mass is 453 g/mol. The number of nitrogen functional groups attached to an aromatic ring is 1. The van der Waals surface area contributed by atoms with Crippen LogP contribution in [0.5, 0.6) is 0 Å². The van der Waals surface area contributed by atoms with Crippen LogP contribution in [0.1, 0.15) is 25.0 Å². The molecule has 0 fully saturated rings. The minimum absolute atomic E-state index is 0.198. The van der Waals surface area contributed by atoms with E-state index in [-0.39, 0.29) is 6.10 Å². The molecule has 0 aliphatic rings. The van der Waals surface area contributed by atoms with Gasteiger partial charge in [-0.25, -0.2) is 4.98 Å². The molecule has 0 atom stereocenters. The summed E-state index contributed by atoms with van der Waals surface area (Å²) < 4.78 is 5.71. The number of halogens is 1. The molecule has 0 radical (unpaired) electrons. The van der Waals surface area contributed by atoms with Crippen LogP contribution in [-0.4, -0.2) is 16.1 Å². The lowest BCUT2D eigenvalue weighted by Gasteiger charge is -2.08. The third-order valence-corrected chi connectivity index (χ3v) is 5.68. The second-order valence-electron chi connectivity index (χ2n) is 6.08. The summed E-state index contributed by atoms with van der Waals surface area (Å²) in [6, 6.07) is 8.36. The van der Waals surface area contributed by atoms with Gasteiger partial charge in [-0.05, 0) is 58.5 Å². The van der Waals surface area contributed by atoms with Gasteiger partial charge in [-0.1, -0.05) is 12.1 Å². The highest BCUT2D eigenvalue weighted by atomic mass is 127. The summed E-state index contributed by atoms with van der Waals surface area (Å²) in [7, 11) is 1.65. The number of aryl methyl sites for hydroxylation is 1. The van der Waals surface area contributed by atoms with E-state index in [9.17, 15) is 0 Å². The Morgan fingerprint density at radius 3 is 2.79 bits per heavy atom. The number of anilines is 1. The molecule has 6 heteroatoms. The first-order valence-electron chi connectivity index (χ1n) is 7.77. The number of hydrogen-bond donors (Lipinski definition) is 2. The number of nitrogens with two attached hydrogens (primary N) is 1. The van der Waals surface area contributed by atoms with Crippen LogP contribution in [0.2, 0.25) is 0 Å². The Balaban J connectivity index is 2.13. The van der Waals surface area contributed by atoms with E-state index in [1.807, 2.05) is 33.0 Å². The van der Waals surface area contributed by atoms with Crippen LogP contribution in [0.4, 0.5) is 5.69 Å². The van der Waals surface area contributed by atoms with E-state index < -0.39 is 0 Å². The second kappa shape index (κ2) is 7.33. The van der Waals surface area contributed by atoms with E-state index in [4.69, 9.17) is 10.5 Å². The Labute approximate surface area is 158 Å². The van der Waals surface area contributed by atoms with Crippen molar-refractivity contribution >= 4 is 46.9 Å². The highest BCUT2D eigenvalue weighted by Gasteiger charge is 2.16. The summed E-state index contributed by atoms with van der Waals surface area (Å²) >= 11 is 2.29. The lowest BCUT2D eigenvalue weighted by Crippen LogP contribution is -2.02. The number of H-pyrrole nitrogens is 1. The third kappa shape index (κ3) is 3.55. The summed E-state index contributed by atoms with van der Waals surface area (Å²) in [5, 5.41) is 2.19. The van der Waals surface area contributed by atoms with E-state index in [1.165, 1.54) is 0 Å². The lowest BCUT2D eigenvalue weighted by atomic mass is 10.0. The minimum Gasteiger partial charge on any atom is -0.398 e. The Bertz CT molecular complexity index is 876. The van der Waals surface area contributed by atoms with Crippen LogP contribution in [0.3, 0.4) is 0 Å². The van der Waals surface area contributed by atoms with Crippen LogP contribution in [0, 0.1) is 6.92 Å². The Kier molecular flexibility index (Phi) is 5.36. The van der Waals surface area contributed by atoms with Crippen molar-refractivity contribution in [2.75, 3.05) is 5.73 Å². The van der Waals surface area contributed by atoms with Crippen LogP contribution in [0.25, 0.3) is 22.2 Å². The molecule has 126 valence electrons. The summed E-state index contributed by atoms with van der Waals surface area (Å²) in [5.74, 6) is 0. The van der Waals surface area contributed by atoms with Gasteiger partial charge in [-0.2, -0.15) is 0 Å². The quantitative estimate of drug-likeness (QED) is 0.396. The van der Waals surface area contributed by atoms with Gasteiger partial charge in [-0.15, -0.1) is 0 Å². The van der Waals surface area contributed by atoms with Gasteiger partial charge in [0.05, 0.1) is 17.7 Å². The minimum atomic E-state index is 0.198. The fourth-order valence-electron chi connectivity index (χ4n) is 2.57. The zero-order chi connectivity index (χ0) is 17.3. The first-order chi connectivity index (χ1) is 11.5. The molecule has 4 nitrogen and oxygen atoms in total. The number of nitrogens with one attached hydrogen (secondary N) is 1. The van der Waals surface area contributed by atoms with Crippen LogP contribution < -0.4 is 5.73 Å². The summed E-state index contributed by atoms with van der Waals surface area (Å²) in [5.41, 5.74) is 12.2. The molecule has 3 aromatic rings. The lowest BCUT2D eigenvalue weighted by molar-refractivity contribution is 0.0656. The predicted octanol–water partition coefficient (Wildman–Crippen LogP) is 5.49. The van der Waals surface area contributed by atoms with Gasteiger partial charge < -0.3 is 15.5 Å². The normalized spacial score (nSPS) is 11.5. The molecule has 2 heterocycles. The van der Waals surface area contributed by atoms with Crippen LogP contribution >= 0.6 is 30.1 Å². The van der Waals surface area contributed by atoms with Gasteiger partial charge in [0, 0.05) is 44.0 Å². The van der Waals surface area contributed by atoms with Gasteiger partial charge in [0.1, 0.15) is 5.65 Å². The fraction of sp³-hybridized carbons (Fsp3) is 0.278. The molecule has 0 bridgehead atoms. The predicted molar refractivity (Wildman–Crippen MR) is 110 cm³/mol. The number of aromatic nitrogens is 2. The average molecular weight is 453 g/mol. The largest absolute Gasteiger partial charge is 0.398 e. The number of nitrogens with zero attached hydrogens (tertiary/aromatic N) is 1. The van der Waals surface area contributed by atoms with Crippen molar-refractivity contribution in [1.29, 1.82) is 0 Å². The summed E-state index contributed by atoms with van der Waals surface area (Å²) in [6.07, 6.45) is 2.07. The van der Waals surface area contributed by atoms with Gasteiger partial charge in [0.15, 0.2) is 0 Å². The van der Waals surface area contributed by atoms with Gasteiger partial charge in [0.25, 0.3) is 0 Å². The smallest absolute Gasteiger partial charge is 0.138 e. The Hall–Kier alpha value is -1.25. The number of aromatic amines is 1. The summed E-state index contributed by atoms with van der Waals surface area (Å²) in [4.78, 5) is 7.97. The molecule has 0 spiro atoms. The van der Waals surface area contributed by atoms with E-state index in [0.717, 1.165) is 44.0 Å². The van der Waals surface area contributed by atoms with Crippen molar-refractivity contribution in [3.05, 3.63) is 41.6 Å². The van der Waals surface area contributed by atoms with Crippen molar-refractivity contribution in [1.82, 2.24) is 9.97 Å². The molecule has 0 aliphatic carbocycles. The van der Waals surface area contributed by atoms with Crippen molar-refractivity contribution < 1.29 is 4.74 Å². The molecule has 0 saturated carbocycles. The maximum absolute atomic E-state index is 6.12. The van der Waals surface area contributed by atoms with Crippen molar-refractivity contribution in [2.24, 2.45) is 0 Å². The zero-order valence-electron chi connectivity index (χ0n) is 13.9. The molecule has 0 saturated heterocycles. The van der Waals surface area contributed by atoms with E-state index >= 15 is 0 Å². The number of ether oxygens (including phenoxy) is 1. The van der Waals surface area contributed by atoms with E-state index in [0.29, 0.717) is 6.61 Å². The van der Waals surface area contributed by atoms with Crippen LogP contribution in [0.15, 0.2) is 35.5 Å². The van der Waals surface area contributed by atoms with Crippen molar-refractivity contribution in [3.63, 3.8) is 0 Å². The number of hydrogen-bond acceptors (Lipinski definition) is 4. The third-order valence-electron chi connectivity index (χ3n) is 3.90. The molecule has 0 amide bonds. The van der Waals surface area contributed by atoms with Gasteiger partial charge >= 0.3 is 0 Å². The number of benzene rings is 1. The first-order valence-corrected chi connectivity index (χ1v) is 11.1. The second-order valence-corrected chi connectivity index (χ2v) is 7.96. The molecule has 3 N–H and O–H groups in total. The van der Waals surface area contributed by atoms with Gasteiger partial charge in [0.2, 0.25) is 0 Å². The number of fused-ring (bicyclic) bond motifs is 1. The average Bonchev–Trinajstić information content (AvgIpc) is 2.93. The first kappa shape index (κ1) is 17.6. The molecule has 24 heavy (non-hydrogen) atoms. The van der Waals surface area contributed by atoms with E-state index in [2.05, 4.69) is 49.4 Å². The highest BCUT2D eigenvalue weighted by Crippen LogP contribution is 2.40. The molecule has 0 unspecified atom stereocenters. The molecule has 0 aliphatic heterocycles.